The number of piperidine rings is 3. The highest BCUT2D eigenvalue weighted by atomic mass is 16.4. The Kier molecular flexibility index (Phi) is 6.99. The van der Waals surface area contributed by atoms with Crippen molar-refractivity contribution in [3.63, 3.8) is 0 Å². The number of aromatic nitrogens is 1. The topological polar surface area (TPSA) is 86.9 Å². The van der Waals surface area contributed by atoms with Gasteiger partial charge in [-0.1, -0.05) is 54.6 Å². The Morgan fingerprint density at radius 1 is 1.05 bits per heavy atom. The molecule has 3 aliphatic rings. The first-order valence-corrected chi connectivity index (χ1v) is 13.5. The highest BCUT2D eigenvalue weighted by Crippen LogP contribution is 2.39. The van der Waals surface area contributed by atoms with Crippen molar-refractivity contribution in [2.45, 2.75) is 31.7 Å². The summed E-state index contributed by atoms with van der Waals surface area (Å²) in [5, 5.41) is 10.5. The van der Waals surface area contributed by atoms with E-state index in [-0.39, 0.29) is 6.04 Å². The van der Waals surface area contributed by atoms with Gasteiger partial charge in [-0.3, -0.25) is 9.69 Å². The zero-order valence-electron chi connectivity index (χ0n) is 21.7. The molecule has 1 aromatic heterocycles. The Hall–Kier alpha value is -4.23. The lowest BCUT2D eigenvalue weighted by Crippen LogP contribution is -2.59. The number of nitrogens with zero attached hydrogens (tertiary/aromatic N) is 3. The number of aryl methyl sites for hydroxylation is 1. The average Bonchev–Trinajstić information content (AvgIpc) is 3.38. The first-order valence-electron chi connectivity index (χ1n) is 13.5. The van der Waals surface area contributed by atoms with E-state index in [4.69, 9.17) is 4.42 Å². The molecule has 2 bridgehead atoms. The summed E-state index contributed by atoms with van der Waals surface area (Å²) in [7, 11) is 0. The molecule has 1 atom stereocenters. The number of benzene rings is 3. The third kappa shape index (κ3) is 5.22. The van der Waals surface area contributed by atoms with Crippen LogP contribution in [-0.4, -0.2) is 53.0 Å². The molecule has 3 fully saturated rings. The van der Waals surface area contributed by atoms with E-state index in [2.05, 4.69) is 16.0 Å². The SMILES string of the molecule is O=Cc1ccc2nc(CCC=Cc3ccc(-c4ccccc4)c(N(C(=O)O)C4CN5CCC4CC5)c3)oc2c1. The Bertz CT molecular complexity index is 1520. The van der Waals surface area contributed by atoms with Crippen LogP contribution in [-0.2, 0) is 6.42 Å². The van der Waals surface area contributed by atoms with Gasteiger partial charge in [-0.15, -0.1) is 0 Å². The molecule has 1 amide bonds. The van der Waals surface area contributed by atoms with Crippen molar-refractivity contribution >= 4 is 35.2 Å². The van der Waals surface area contributed by atoms with E-state index in [1.807, 2.05) is 54.6 Å². The van der Waals surface area contributed by atoms with Crippen molar-refractivity contribution in [3.05, 3.63) is 89.8 Å². The van der Waals surface area contributed by atoms with E-state index < -0.39 is 6.09 Å². The van der Waals surface area contributed by atoms with Gasteiger partial charge in [-0.05, 0) is 73.7 Å². The minimum absolute atomic E-state index is 0.0504. The van der Waals surface area contributed by atoms with E-state index >= 15 is 0 Å². The smallest absolute Gasteiger partial charge is 0.412 e. The zero-order chi connectivity index (χ0) is 26.8. The number of anilines is 1. The number of oxazole rings is 1. The third-order valence-corrected chi connectivity index (χ3v) is 7.95. The lowest BCUT2D eigenvalue weighted by molar-refractivity contribution is 0.0838. The normalized spacial score (nSPS) is 20.5. The van der Waals surface area contributed by atoms with Crippen LogP contribution in [0.25, 0.3) is 28.3 Å². The van der Waals surface area contributed by atoms with E-state index in [1.54, 1.807) is 23.1 Å². The van der Waals surface area contributed by atoms with Gasteiger partial charge in [0.1, 0.15) is 11.8 Å². The molecule has 1 unspecified atom stereocenters. The molecule has 39 heavy (non-hydrogen) atoms. The van der Waals surface area contributed by atoms with Crippen molar-refractivity contribution in [2.24, 2.45) is 5.92 Å². The largest absolute Gasteiger partial charge is 0.465 e. The van der Waals surface area contributed by atoms with E-state index in [0.29, 0.717) is 35.8 Å². The monoisotopic (exact) mass is 521 g/mol. The van der Waals surface area contributed by atoms with Crippen molar-refractivity contribution in [2.75, 3.05) is 24.5 Å². The van der Waals surface area contributed by atoms with Gasteiger partial charge in [-0.25, -0.2) is 9.78 Å². The van der Waals surface area contributed by atoms with Crippen LogP contribution in [0.2, 0.25) is 0 Å². The quantitative estimate of drug-likeness (QED) is 0.265. The maximum atomic E-state index is 12.8. The highest BCUT2D eigenvalue weighted by Gasteiger charge is 2.40. The summed E-state index contributed by atoms with van der Waals surface area (Å²) in [6.45, 7) is 2.90. The van der Waals surface area contributed by atoms with E-state index in [9.17, 15) is 14.7 Å². The second kappa shape index (κ2) is 10.9. The van der Waals surface area contributed by atoms with Gasteiger partial charge in [0.15, 0.2) is 11.5 Å². The summed E-state index contributed by atoms with van der Waals surface area (Å²) in [4.78, 5) is 32.3. The summed E-state index contributed by atoms with van der Waals surface area (Å²) in [5.41, 5.74) is 5.53. The van der Waals surface area contributed by atoms with Gasteiger partial charge in [0, 0.05) is 24.1 Å². The molecule has 3 saturated heterocycles. The summed E-state index contributed by atoms with van der Waals surface area (Å²) in [6.07, 6.45) is 7.41. The minimum Gasteiger partial charge on any atom is -0.465 e. The molecular weight excluding hydrogens is 490 g/mol. The molecule has 0 spiro atoms. The average molecular weight is 522 g/mol. The number of hydrogen-bond acceptors (Lipinski definition) is 5. The number of fused-ring (bicyclic) bond motifs is 4. The van der Waals surface area contributed by atoms with Gasteiger partial charge < -0.3 is 14.4 Å². The minimum atomic E-state index is -0.902. The van der Waals surface area contributed by atoms with Gasteiger partial charge in [-0.2, -0.15) is 0 Å². The van der Waals surface area contributed by atoms with Crippen LogP contribution in [0.5, 0.6) is 0 Å². The Morgan fingerprint density at radius 2 is 1.85 bits per heavy atom. The van der Waals surface area contributed by atoms with Crippen LogP contribution in [0.1, 0.15) is 41.1 Å². The first-order chi connectivity index (χ1) is 19.1. The molecule has 1 N–H and O–H groups in total. The first kappa shape index (κ1) is 25.1. The number of carbonyl (C=O) groups excluding carboxylic acids is 1. The Balaban J connectivity index is 1.26. The van der Waals surface area contributed by atoms with Crippen LogP contribution < -0.4 is 4.90 Å². The van der Waals surface area contributed by atoms with Crippen LogP contribution in [0.4, 0.5) is 10.5 Å². The van der Waals surface area contributed by atoms with Crippen LogP contribution in [0, 0.1) is 5.92 Å². The molecule has 4 aromatic rings. The fourth-order valence-corrected chi connectivity index (χ4v) is 5.96. The number of amides is 1. The van der Waals surface area contributed by atoms with E-state index in [1.165, 1.54) is 0 Å². The van der Waals surface area contributed by atoms with E-state index in [0.717, 1.165) is 66.7 Å². The predicted octanol–water partition coefficient (Wildman–Crippen LogP) is 6.53. The lowest BCUT2D eigenvalue weighted by Gasteiger charge is -2.48. The Morgan fingerprint density at radius 3 is 2.56 bits per heavy atom. The molecule has 198 valence electrons. The maximum Gasteiger partial charge on any atom is 0.412 e. The predicted molar refractivity (Wildman–Crippen MR) is 152 cm³/mol. The maximum absolute atomic E-state index is 12.8. The second-order valence-corrected chi connectivity index (χ2v) is 10.4. The lowest BCUT2D eigenvalue weighted by atomic mass is 9.82. The molecule has 0 aliphatic carbocycles. The molecule has 7 heteroatoms. The van der Waals surface area contributed by atoms with Gasteiger partial charge >= 0.3 is 6.09 Å². The Labute approximate surface area is 227 Å². The number of carboxylic acid groups (broad SMARTS) is 1. The number of hydrogen-bond donors (Lipinski definition) is 1. The van der Waals surface area contributed by atoms with Crippen molar-refractivity contribution < 1.29 is 19.1 Å². The second-order valence-electron chi connectivity index (χ2n) is 10.4. The van der Waals surface area contributed by atoms with Crippen molar-refractivity contribution in [3.8, 4) is 11.1 Å². The number of rotatable bonds is 8. The number of carbonyl (C=O) groups is 2. The highest BCUT2D eigenvalue weighted by molar-refractivity contribution is 5.94. The number of aldehydes is 1. The molecule has 3 aromatic carbocycles. The van der Waals surface area contributed by atoms with Crippen molar-refractivity contribution in [1.29, 1.82) is 0 Å². The summed E-state index contributed by atoms with van der Waals surface area (Å²) in [5.74, 6) is 1.00. The molecule has 0 radical (unpaired) electrons. The summed E-state index contributed by atoms with van der Waals surface area (Å²) >= 11 is 0. The standard InChI is InChI=1S/C32H31N3O4/c36-21-23-11-13-27-30(19-23)39-31(33-27)9-5-4-6-22-10-12-26(24-7-2-1-3-8-24)28(18-22)35(32(37)38)29-20-34-16-14-25(29)15-17-34/h1-4,6-8,10-13,18-19,21,25,29H,5,9,14-17,20H2,(H,37,38). The number of allylic oxidation sites excluding steroid dienone is 1. The molecule has 7 rings (SSSR count). The summed E-state index contributed by atoms with van der Waals surface area (Å²) < 4.78 is 5.82. The van der Waals surface area contributed by atoms with Crippen LogP contribution in [0.3, 0.4) is 0 Å². The van der Waals surface area contributed by atoms with Gasteiger partial charge in [0.2, 0.25) is 0 Å². The molecular formula is C32H31N3O4. The van der Waals surface area contributed by atoms with Crippen LogP contribution in [0.15, 0.2) is 77.2 Å². The van der Waals surface area contributed by atoms with Gasteiger partial charge in [0.25, 0.3) is 0 Å². The zero-order valence-corrected chi connectivity index (χ0v) is 21.7. The van der Waals surface area contributed by atoms with Gasteiger partial charge in [0.05, 0.1) is 11.7 Å². The molecule has 0 saturated carbocycles. The molecule has 7 nitrogen and oxygen atoms in total. The van der Waals surface area contributed by atoms with Crippen LogP contribution >= 0.6 is 0 Å². The fraction of sp³-hybridized carbons (Fsp3) is 0.281. The third-order valence-electron chi connectivity index (χ3n) is 7.95. The molecule has 3 aliphatic heterocycles. The molecule has 4 heterocycles. The fourth-order valence-electron chi connectivity index (χ4n) is 5.96. The van der Waals surface area contributed by atoms with Crippen molar-refractivity contribution in [1.82, 2.24) is 9.88 Å². The summed E-state index contributed by atoms with van der Waals surface area (Å²) in [6, 6.07) is 21.3.